The molecular formula is C17H30. The van der Waals surface area contributed by atoms with Gasteiger partial charge < -0.3 is 0 Å². The standard InChI is InChI=1S/C17H30/c1-14-10-8-9-13-16(17(14,2)3)15-11-6-4-5-7-12-15/h15-16H,1,4-13H2,2-3H3/t16-/m1/s1. The van der Waals surface area contributed by atoms with Crippen molar-refractivity contribution in [2.45, 2.75) is 78.1 Å². The Morgan fingerprint density at radius 1 is 0.882 bits per heavy atom. The van der Waals surface area contributed by atoms with Crippen LogP contribution in [0.25, 0.3) is 0 Å². The van der Waals surface area contributed by atoms with Crippen LogP contribution in [0.5, 0.6) is 0 Å². The highest BCUT2D eigenvalue weighted by Gasteiger charge is 2.38. The van der Waals surface area contributed by atoms with Crippen LogP contribution in [0.3, 0.4) is 0 Å². The summed E-state index contributed by atoms with van der Waals surface area (Å²) in [4.78, 5) is 0. The van der Waals surface area contributed by atoms with E-state index in [1.54, 1.807) is 0 Å². The molecule has 0 aromatic rings. The Morgan fingerprint density at radius 3 is 2.12 bits per heavy atom. The van der Waals surface area contributed by atoms with Gasteiger partial charge in [-0.05, 0) is 36.5 Å². The zero-order valence-electron chi connectivity index (χ0n) is 11.9. The van der Waals surface area contributed by atoms with Gasteiger partial charge in [0, 0.05) is 0 Å². The first-order valence-corrected chi connectivity index (χ1v) is 7.80. The molecule has 0 amide bonds. The number of hydrogen-bond acceptors (Lipinski definition) is 0. The third kappa shape index (κ3) is 2.95. The average molecular weight is 234 g/mol. The molecule has 0 aromatic heterocycles. The molecule has 0 N–H and O–H groups in total. The van der Waals surface area contributed by atoms with Crippen LogP contribution in [0.2, 0.25) is 0 Å². The lowest BCUT2D eigenvalue weighted by Gasteiger charge is -2.40. The fourth-order valence-electron chi connectivity index (χ4n) is 4.19. The molecule has 0 spiro atoms. The summed E-state index contributed by atoms with van der Waals surface area (Å²) in [5, 5.41) is 0. The molecule has 98 valence electrons. The maximum atomic E-state index is 4.40. The molecule has 2 fully saturated rings. The van der Waals surface area contributed by atoms with Crippen molar-refractivity contribution in [3.05, 3.63) is 12.2 Å². The van der Waals surface area contributed by atoms with Crippen LogP contribution in [-0.4, -0.2) is 0 Å². The summed E-state index contributed by atoms with van der Waals surface area (Å²) in [6.07, 6.45) is 14.4. The normalized spacial score (nSPS) is 31.9. The average Bonchev–Trinajstić information content (AvgIpc) is 2.61. The Kier molecular flexibility index (Phi) is 4.33. The Balaban J connectivity index is 2.12. The van der Waals surface area contributed by atoms with Gasteiger partial charge in [0.2, 0.25) is 0 Å². The summed E-state index contributed by atoms with van der Waals surface area (Å²) in [5.41, 5.74) is 1.93. The minimum atomic E-state index is 0.394. The lowest BCUT2D eigenvalue weighted by molar-refractivity contribution is 0.152. The Morgan fingerprint density at radius 2 is 1.47 bits per heavy atom. The maximum Gasteiger partial charge on any atom is -0.0116 e. The smallest absolute Gasteiger partial charge is 0.0116 e. The van der Waals surface area contributed by atoms with Gasteiger partial charge in [0.1, 0.15) is 0 Å². The van der Waals surface area contributed by atoms with Gasteiger partial charge in [0.15, 0.2) is 0 Å². The molecule has 2 aliphatic rings. The van der Waals surface area contributed by atoms with Gasteiger partial charge in [-0.25, -0.2) is 0 Å². The molecule has 0 aliphatic heterocycles. The molecule has 17 heavy (non-hydrogen) atoms. The van der Waals surface area contributed by atoms with Crippen LogP contribution < -0.4 is 0 Å². The van der Waals surface area contributed by atoms with Crippen LogP contribution in [0.15, 0.2) is 12.2 Å². The third-order valence-corrected chi connectivity index (χ3v) is 5.55. The van der Waals surface area contributed by atoms with E-state index in [-0.39, 0.29) is 0 Å². The monoisotopic (exact) mass is 234 g/mol. The zero-order valence-corrected chi connectivity index (χ0v) is 11.9. The van der Waals surface area contributed by atoms with E-state index in [9.17, 15) is 0 Å². The predicted octanol–water partition coefficient (Wildman–Crippen LogP) is 5.73. The van der Waals surface area contributed by atoms with Crippen molar-refractivity contribution in [1.29, 1.82) is 0 Å². The summed E-state index contributed by atoms with van der Waals surface area (Å²) in [6, 6.07) is 0. The molecule has 0 heterocycles. The van der Waals surface area contributed by atoms with Gasteiger partial charge in [0.05, 0.1) is 0 Å². The molecular weight excluding hydrogens is 204 g/mol. The van der Waals surface area contributed by atoms with Crippen LogP contribution in [0, 0.1) is 17.3 Å². The topological polar surface area (TPSA) is 0 Å². The molecule has 0 saturated heterocycles. The quantitative estimate of drug-likeness (QED) is 0.401. The van der Waals surface area contributed by atoms with Crippen molar-refractivity contribution >= 4 is 0 Å². The Bertz CT molecular complexity index is 253. The SMILES string of the molecule is C=C1CCCC[C@H](C2CCCCCC2)C1(C)C. The molecule has 0 heteroatoms. The molecule has 0 bridgehead atoms. The highest BCUT2D eigenvalue weighted by atomic mass is 14.4. The minimum absolute atomic E-state index is 0.394. The Hall–Kier alpha value is -0.260. The summed E-state index contributed by atoms with van der Waals surface area (Å²) in [6.45, 7) is 9.33. The second-order valence-corrected chi connectivity index (χ2v) is 6.93. The largest absolute Gasteiger partial charge is 0.0993 e. The lowest BCUT2D eigenvalue weighted by atomic mass is 9.65. The van der Waals surface area contributed by atoms with Crippen LogP contribution in [-0.2, 0) is 0 Å². The van der Waals surface area contributed by atoms with E-state index in [1.165, 1.54) is 69.8 Å². The van der Waals surface area contributed by atoms with Crippen LogP contribution >= 0.6 is 0 Å². The van der Waals surface area contributed by atoms with E-state index < -0.39 is 0 Å². The van der Waals surface area contributed by atoms with E-state index in [0.29, 0.717) is 5.41 Å². The molecule has 2 rings (SSSR count). The predicted molar refractivity (Wildman–Crippen MR) is 76.1 cm³/mol. The summed E-state index contributed by atoms with van der Waals surface area (Å²) >= 11 is 0. The summed E-state index contributed by atoms with van der Waals surface area (Å²) < 4.78 is 0. The van der Waals surface area contributed by atoms with Crippen molar-refractivity contribution in [2.24, 2.45) is 17.3 Å². The first-order valence-electron chi connectivity index (χ1n) is 7.80. The molecule has 2 aliphatic carbocycles. The third-order valence-electron chi connectivity index (χ3n) is 5.55. The van der Waals surface area contributed by atoms with E-state index in [4.69, 9.17) is 0 Å². The van der Waals surface area contributed by atoms with E-state index in [0.717, 1.165) is 11.8 Å². The first-order chi connectivity index (χ1) is 8.12. The van der Waals surface area contributed by atoms with Crippen molar-refractivity contribution in [3.63, 3.8) is 0 Å². The molecule has 2 saturated carbocycles. The van der Waals surface area contributed by atoms with Gasteiger partial charge in [-0.1, -0.05) is 70.9 Å². The molecule has 0 radical (unpaired) electrons. The lowest BCUT2D eigenvalue weighted by Crippen LogP contribution is -2.31. The van der Waals surface area contributed by atoms with Crippen molar-refractivity contribution in [1.82, 2.24) is 0 Å². The molecule has 0 nitrogen and oxygen atoms in total. The second-order valence-electron chi connectivity index (χ2n) is 6.93. The van der Waals surface area contributed by atoms with E-state index in [2.05, 4.69) is 20.4 Å². The van der Waals surface area contributed by atoms with Crippen LogP contribution in [0.1, 0.15) is 78.1 Å². The number of allylic oxidation sites excluding steroid dienone is 1. The van der Waals surface area contributed by atoms with Crippen LogP contribution in [0.4, 0.5) is 0 Å². The highest BCUT2D eigenvalue weighted by molar-refractivity contribution is 5.11. The Labute approximate surface area is 108 Å². The van der Waals surface area contributed by atoms with Gasteiger partial charge in [-0.15, -0.1) is 0 Å². The number of hydrogen-bond donors (Lipinski definition) is 0. The van der Waals surface area contributed by atoms with E-state index >= 15 is 0 Å². The molecule has 0 aromatic carbocycles. The maximum absolute atomic E-state index is 4.40. The van der Waals surface area contributed by atoms with Gasteiger partial charge in [-0.2, -0.15) is 0 Å². The zero-order chi connectivity index (χ0) is 12.3. The van der Waals surface area contributed by atoms with Crippen molar-refractivity contribution in [2.75, 3.05) is 0 Å². The second kappa shape index (κ2) is 5.59. The van der Waals surface area contributed by atoms with Crippen molar-refractivity contribution in [3.8, 4) is 0 Å². The fourth-order valence-corrected chi connectivity index (χ4v) is 4.19. The first kappa shape index (κ1) is 13.2. The summed E-state index contributed by atoms with van der Waals surface area (Å²) in [5.74, 6) is 1.90. The molecule has 0 unspecified atom stereocenters. The van der Waals surface area contributed by atoms with Gasteiger partial charge >= 0.3 is 0 Å². The summed E-state index contributed by atoms with van der Waals surface area (Å²) in [7, 11) is 0. The number of rotatable bonds is 1. The fraction of sp³-hybridized carbons (Fsp3) is 0.882. The highest BCUT2D eigenvalue weighted by Crippen LogP contribution is 2.48. The molecule has 1 atom stereocenters. The van der Waals surface area contributed by atoms with E-state index in [1.807, 2.05) is 0 Å². The van der Waals surface area contributed by atoms with Gasteiger partial charge in [0.25, 0.3) is 0 Å². The minimum Gasteiger partial charge on any atom is -0.0993 e. The van der Waals surface area contributed by atoms with Crippen molar-refractivity contribution < 1.29 is 0 Å². The van der Waals surface area contributed by atoms with Gasteiger partial charge in [-0.3, -0.25) is 0 Å².